The molecule has 0 aromatic heterocycles. The fourth-order valence-electron chi connectivity index (χ4n) is 2.07. The lowest BCUT2D eigenvalue weighted by Gasteiger charge is -2.23. The third-order valence-electron chi connectivity index (χ3n) is 3.14. The van der Waals surface area contributed by atoms with Crippen molar-refractivity contribution in [1.82, 2.24) is 10.6 Å². The minimum atomic E-state index is -0.608. The quantitative estimate of drug-likeness (QED) is 0.662. The first kappa shape index (κ1) is 15.0. The molecule has 1 aliphatic heterocycles. The maximum Gasteiger partial charge on any atom is 0.271 e. The van der Waals surface area contributed by atoms with Crippen LogP contribution >= 0.6 is 23.2 Å². The van der Waals surface area contributed by atoms with Gasteiger partial charge in [0.2, 0.25) is 0 Å². The maximum absolute atomic E-state index is 12.2. The minimum absolute atomic E-state index is 0.00340. The summed E-state index contributed by atoms with van der Waals surface area (Å²) in [6, 6.07) is 2.31. The van der Waals surface area contributed by atoms with Crippen molar-refractivity contribution in [1.29, 1.82) is 0 Å². The maximum atomic E-state index is 12.2. The number of benzene rings is 1. The summed E-state index contributed by atoms with van der Waals surface area (Å²) in [6.45, 7) is 1.66. The summed E-state index contributed by atoms with van der Waals surface area (Å²) >= 11 is 11.8. The van der Waals surface area contributed by atoms with E-state index in [0.717, 1.165) is 38.1 Å². The second-order valence-corrected chi connectivity index (χ2v) is 5.33. The second-order valence-electron chi connectivity index (χ2n) is 4.54. The Morgan fingerprint density at radius 2 is 2.00 bits per heavy atom. The van der Waals surface area contributed by atoms with E-state index < -0.39 is 10.8 Å². The first-order valence-electron chi connectivity index (χ1n) is 6.14. The number of amides is 1. The number of nitro benzene ring substituents is 1. The largest absolute Gasteiger partial charge is 0.349 e. The topological polar surface area (TPSA) is 84.3 Å². The minimum Gasteiger partial charge on any atom is -0.349 e. The van der Waals surface area contributed by atoms with Crippen molar-refractivity contribution in [3.05, 3.63) is 37.9 Å². The predicted octanol–water partition coefficient (Wildman–Crippen LogP) is 2.38. The molecule has 2 rings (SSSR count). The number of nitrogens with zero attached hydrogens (tertiary/aromatic N) is 1. The lowest BCUT2D eigenvalue weighted by atomic mass is 10.1. The summed E-state index contributed by atoms with van der Waals surface area (Å²) < 4.78 is 0. The molecule has 1 aromatic carbocycles. The Labute approximate surface area is 125 Å². The lowest BCUT2D eigenvalue weighted by Crippen LogP contribution is -2.42. The molecule has 2 N–H and O–H groups in total. The zero-order chi connectivity index (χ0) is 14.7. The van der Waals surface area contributed by atoms with Gasteiger partial charge in [-0.1, -0.05) is 23.2 Å². The number of nitrogens with one attached hydrogen (secondary N) is 2. The first-order chi connectivity index (χ1) is 9.49. The number of nitro groups is 1. The standard InChI is InChI=1S/C12H13Cl2N3O3/c13-10-6-8(17(19)20)5-9(11(10)14)12(18)16-7-1-3-15-4-2-7/h5-7,15H,1-4H2,(H,16,18). The van der Waals surface area contributed by atoms with E-state index in [1.54, 1.807) is 0 Å². The first-order valence-corrected chi connectivity index (χ1v) is 6.89. The number of non-ortho nitro benzene ring substituents is 1. The van der Waals surface area contributed by atoms with Gasteiger partial charge in [0, 0.05) is 18.2 Å². The van der Waals surface area contributed by atoms with Crippen molar-refractivity contribution in [3.63, 3.8) is 0 Å². The Hall–Kier alpha value is -1.37. The summed E-state index contributed by atoms with van der Waals surface area (Å²) in [5.41, 5.74) is -0.223. The van der Waals surface area contributed by atoms with Crippen LogP contribution < -0.4 is 10.6 Å². The number of halogens is 2. The van der Waals surface area contributed by atoms with Gasteiger partial charge in [-0.3, -0.25) is 14.9 Å². The van der Waals surface area contributed by atoms with Gasteiger partial charge in [0.15, 0.2) is 0 Å². The molecular formula is C12H13Cl2N3O3. The molecule has 0 spiro atoms. The van der Waals surface area contributed by atoms with Crippen molar-refractivity contribution in [2.75, 3.05) is 13.1 Å². The van der Waals surface area contributed by atoms with Crippen LogP contribution in [0.15, 0.2) is 12.1 Å². The molecular weight excluding hydrogens is 305 g/mol. The van der Waals surface area contributed by atoms with Gasteiger partial charge < -0.3 is 10.6 Å². The van der Waals surface area contributed by atoms with Crippen LogP contribution in [-0.2, 0) is 0 Å². The number of rotatable bonds is 3. The molecule has 0 aliphatic carbocycles. The molecule has 1 heterocycles. The van der Waals surface area contributed by atoms with E-state index in [-0.39, 0.29) is 27.3 Å². The highest BCUT2D eigenvalue weighted by Gasteiger charge is 2.22. The van der Waals surface area contributed by atoms with Crippen LogP contribution in [0.1, 0.15) is 23.2 Å². The highest BCUT2D eigenvalue weighted by molar-refractivity contribution is 6.44. The van der Waals surface area contributed by atoms with Gasteiger partial charge in [0.05, 0.1) is 20.5 Å². The van der Waals surface area contributed by atoms with Crippen molar-refractivity contribution < 1.29 is 9.72 Å². The molecule has 108 valence electrons. The lowest BCUT2D eigenvalue weighted by molar-refractivity contribution is -0.384. The molecule has 0 bridgehead atoms. The Kier molecular flexibility index (Phi) is 4.80. The van der Waals surface area contributed by atoms with E-state index in [9.17, 15) is 14.9 Å². The Morgan fingerprint density at radius 3 is 2.60 bits per heavy atom. The molecule has 1 amide bonds. The Bertz CT molecular complexity index is 545. The smallest absolute Gasteiger partial charge is 0.271 e. The van der Waals surface area contributed by atoms with Crippen molar-refractivity contribution in [2.45, 2.75) is 18.9 Å². The van der Waals surface area contributed by atoms with Crippen LogP contribution in [-0.4, -0.2) is 30.0 Å². The van der Waals surface area contributed by atoms with Crippen molar-refractivity contribution in [3.8, 4) is 0 Å². The molecule has 1 fully saturated rings. The number of hydrogen-bond acceptors (Lipinski definition) is 4. The van der Waals surface area contributed by atoms with E-state index in [4.69, 9.17) is 23.2 Å². The summed E-state index contributed by atoms with van der Waals surface area (Å²) in [7, 11) is 0. The average Bonchev–Trinajstić information content (AvgIpc) is 2.42. The molecule has 1 saturated heterocycles. The molecule has 8 heteroatoms. The molecule has 0 saturated carbocycles. The SMILES string of the molecule is O=C(NC1CCNCC1)c1cc([N+](=O)[O-])cc(Cl)c1Cl. The van der Waals surface area contributed by atoms with Gasteiger partial charge in [-0.15, -0.1) is 0 Å². The molecule has 0 atom stereocenters. The number of carbonyl (C=O) groups is 1. The molecule has 6 nitrogen and oxygen atoms in total. The third kappa shape index (κ3) is 3.39. The van der Waals surface area contributed by atoms with Crippen LogP contribution in [0.2, 0.25) is 10.0 Å². The monoisotopic (exact) mass is 317 g/mol. The third-order valence-corrected chi connectivity index (χ3v) is 3.94. The number of carbonyl (C=O) groups excluding carboxylic acids is 1. The van der Waals surface area contributed by atoms with Gasteiger partial charge >= 0.3 is 0 Å². The zero-order valence-electron chi connectivity index (χ0n) is 10.5. The van der Waals surface area contributed by atoms with Gasteiger partial charge in [-0.05, 0) is 25.9 Å². The molecule has 1 aliphatic rings. The van der Waals surface area contributed by atoms with Crippen LogP contribution in [0.3, 0.4) is 0 Å². The summed E-state index contributed by atoms with van der Waals surface area (Å²) in [4.78, 5) is 22.3. The van der Waals surface area contributed by atoms with Crippen LogP contribution in [0, 0.1) is 10.1 Å². The van der Waals surface area contributed by atoms with E-state index in [1.165, 1.54) is 0 Å². The summed E-state index contributed by atoms with van der Waals surface area (Å²) in [6.07, 6.45) is 1.62. The number of hydrogen-bond donors (Lipinski definition) is 2. The normalized spacial score (nSPS) is 15.9. The van der Waals surface area contributed by atoms with Crippen LogP contribution in [0.5, 0.6) is 0 Å². The predicted molar refractivity (Wildman–Crippen MR) is 76.5 cm³/mol. The molecule has 1 aromatic rings. The van der Waals surface area contributed by atoms with Gasteiger partial charge in [-0.25, -0.2) is 0 Å². The second kappa shape index (κ2) is 6.39. The van der Waals surface area contributed by atoms with Crippen LogP contribution in [0.4, 0.5) is 5.69 Å². The van der Waals surface area contributed by atoms with Crippen LogP contribution in [0.25, 0.3) is 0 Å². The van der Waals surface area contributed by atoms with Crippen molar-refractivity contribution >= 4 is 34.8 Å². The van der Waals surface area contributed by atoms with E-state index in [2.05, 4.69) is 10.6 Å². The zero-order valence-corrected chi connectivity index (χ0v) is 12.0. The fourth-order valence-corrected chi connectivity index (χ4v) is 2.48. The molecule has 0 radical (unpaired) electrons. The summed E-state index contributed by atoms with van der Waals surface area (Å²) in [5, 5.41) is 16.8. The highest BCUT2D eigenvalue weighted by atomic mass is 35.5. The average molecular weight is 318 g/mol. The fraction of sp³-hybridized carbons (Fsp3) is 0.417. The Morgan fingerprint density at radius 1 is 1.35 bits per heavy atom. The highest BCUT2D eigenvalue weighted by Crippen LogP contribution is 2.31. The van der Waals surface area contributed by atoms with E-state index in [1.807, 2.05) is 0 Å². The molecule has 0 unspecified atom stereocenters. The van der Waals surface area contributed by atoms with E-state index in [0.29, 0.717) is 0 Å². The number of piperidine rings is 1. The van der Waals surface area contributed by atoms with E-state index >= 15 is 0 Å². The van der Waals surface area contributed by atoms with Crippen molar-refractivity contribution in [2.24, 2.45) is 0 Å². The van der Waals surface area contributed by atoms with Gasteiger partial charge in [0.25, 0.3) is 11.6 Å². The van der Waals surface area contributed by atoms with Gasteiger partial charge in [-0.2, -0.15) is 0 Å². The Balaban J connectivity index is 2.21. The van der Waals surface area contributed by atoms with Gasteiger partial charge in [0.1, 0.15) is 0 Å². The summed E-state index contributed by atoms with van der Waals surface area (Å²) in [5.74, 6) is -0.437. The molecule has 20 heavy (non-hydrogen) atoms.